The summed E-state index contributed by atoms with van der Waals surface area (Å²) in [7, 11) is 0. The lowest BCUT2D eigenvalue weighted by atomic mass is 9.81. The summed E-state index contributed by atoms with van der Waals surface area (Å²) in [6, 6.07) is 7.36. The van der Waals surface area contributed by atoms with Crippen molar-refractivity contribution in [2.75, 3.05) is 19.8 Å². The van der Waals surface area contributed by atoms with Gasteiger partial charge in [-0.3, -0.25) is 0 Å². The number of allylic oxidation sites excluding steroid dienone is 1. The monoisotopic (exact) mass is 482 g/mol. The van der Waals surface area contributed by atoms with Crippen molar-refractivity contribution >= 4 is 0 Å². The van der Waals surface area contributed by atoms with Gasteiger partial charge in [0.15, 0.2) is 5.60 Å². The van der Waals surface area contributed by atoms with E-state index >= 15 is 0 Å². The largest absolute Gasteiger partial charge is 0.462 e. The molecule has 0 bridgehead atoms. The lowest BCUT2D eigenvalue weighted by Gasteiger charge is -2.51. The number of rotatable bonds is 16. The molecule has 0 radical (unpaired) electrons. The van der Waals surface area contributed by atoms with Crippen LogP contribution in [0.4, 0.5) is 0 Å². The molecular formula is C26H42O8. The van der Waals surface area contributed by atoms with Gasteiger partial charge in [0.1, 0.15) is 24.1 Å². The summed E-state index contributed by atoms with van der Waals surface area (Å²) in [5.41, 5.74) is -0.384. The fraction of sp³-hybridized carbons (Fsp3) is 0.692. The zero-order valence-corrected chi connectivity index (χ0v) is 20.2. The number of benzene rings is 1. The van der Waals surface area contributed by atoms with Gasteiger partial charge in [-0.2, -0.15) is 0 Å². The van der Waals surface area contributed by atoms with Crippen LogP contribution in [0.25, 0.3) is 0 Å². The van der Waals surface area contributed by atoms with E-state index in [9.17, 15) is 20.4 Å². The van der Waals surface area contributed by atoms with E-state index in [1.54, 1.807) is 18.2 Å². The average Bonchev–Trinajstić information content (AvgIpc) is 2.84. The molecule has 1 aliphatic heterocycles. The minimum absolute atomic E-state index is 0.111. The molecule has 0 saturated carbocycles. The summed E-state index contributed by atoms with van der Waals surface area (Å²) in [6.45, 7) is 5.90. The highest BCUT2D eigenvalue weighted by Crippen LogP contribution is 2.39. The minimum atomic E-state index is -1.44. The smallest absolute Gasteiger partial charge is 0.232 e. The second kappa shape index (κ2) is 14.8. The zero-order chi connectivity index (χ0) is 25.0. The van der Waals surface area contributed by atoms with Gasteiger partial charge in [0.2, 0.25) is 6.29 Å². The van der Waals surface area contributed by atoms with Crippen LogP contribution >= 0.6 is 0 Å². The van der Waals surface area contributed by atoms with Crippen LogP contribution < -0.4 is 4.74 Å². The van der Waals surface area contributed by atoms with Gasteiger partial charge in [0, 0.05) is 19.8 Å². The van der Waals surface area contributed by atoms with Crippen LogP contribution in [0.1, 0.15) is 57.4 Å². The summed E-state index contributed by atoms with van der Waals surface area (Å²) in [4.78, 5) is 0. The van der Waals surface area contributed by atoms with Gasteiger partial charge < -0.3 is 39.7 Å². The van der Waals surface area contributed by atoms with Crippen molar-refractivity contribution in [3.05, 3.63) is 42.5 Å². The first-order valence-electron chi connectivity index (χ1n) is 12.3. The van der Waals surface area contributed by atoms with Crippen LogP contribution in [-0.2, 0) is 15.9 Å². The molecule has 1 aliphatic rings. The molecule has 0 amide bonds. The molecule has 8 heteroatoms. The Morgan fingerprint density at radius 1 is 1.09 bits per heavy atom. The molecule has 1 aromatic carbocycles. The quantitative estimate of drug-likeness (QED) is 0.179. The first kappa shape index (κ1) is 28.7. The van der Waals surface area contributed by atoms with Crippen molar-refractivity contribution in [1.82, 2.24) is 0 Å². The normalized spacial score (nSPS) is 27.9. The van der Waals surface area contributed by atoms with E-state index in [1.807, 2.05) is 12.1 Å². The predicted molar refractivity (Wildman–Crippen MR) is 129 cm³/mol. The van der Waals surface area contributed by atoms with Crippen molar-refractivity contribution in [3.8, 4) is 5.75 Å². The molecule has 34 heavy (non-hydrogen) atoms. The molecule has 0 aromatic heterocycles. The molecule has 8 nitrogen and oxygen atoms in total. The van der Waals surface area contributed by atoms with Crippen LogP contribution in [0.3, 0.4) is 0 Å². The fourth-order valence-electron chi connectivity index (χ4n) is 4.31. The van der Waals surface area contributed by atoms with Gasteiger partial charge >= 0.3 is 0 Å². The van der Waals surface area contributed by atoms with Crippen LogP contribution in [-0.4, -0.2) is 81.7 Å². The van der Waals surface area contributed by atoms with Gasteiger partial charge in [-0.1, -0.05) is 38.0 Å². The van der Waals surface area contributed by atoms with E-state index in [2.05, 4.69) is 13.5 Å². The molecule has 1 aromatic rings. The Morgan fingerprint density at radius 2 is 1.79 bits per heavy atom. The maximum atomic E-state index is 11.3. The minimum Gasteiger partial charge on any atom is -0.462 e. The molecular weight excluding hydrogens is 440 g/mol. The lowest BCUT2D eigenvalue weighted by Crippen LogP contribution is -2.70. The third kappa shape index (κ3) is 7.49. The van der Waals surface area contributed by atoms with Gasteiger partial charge in [0.25, 0.3) is 0 Å². The van der Waals surface area contributed by atoms with Crippen molar-refractivity contribution in [2.45, 2.75) is 94.6 Å². The summed E-state index contributed by atoms with van der Waals surface area (Å²) in [5.74, 6) is 0.482. The Balaban J connectivity index is 2.36. The Labute approximate surface area is 202 Å². The molecule has 1 fully saturated rings. The standard InChI is InChI=1S/C26H42O8/c1-3-5-6-18-32-26(15-8-17-28)24(31)22(30)23(21(29)10-7-16-27)34-25(26)33-20-13-11-19(9-4-2)12-14-20/h4,11-14,21-25,27-31H,2-3,5-10,15-18H2,1H3/t21-,22-,23-,24+,25+,26-/m1/s1. The maximum absolute atomic E-state index is 11.3. The van der Waals surface area contributed by atoms with Gasteiger partial charge in [-0.05, 0) is 56.2 Å². The second-order valence-electron chi connectivity index (χ2n) is 8.89. The molecule has 0 spiro atoms. The maximum Gasteiger partial charge on any atom is 0.232 e. The predicted octanol–water partition coefficient (Wildman–Crippen LogP) is 2.09. The van der Waals surface area contributed by atoms with Crippen LogP contribution in [0.5, 0.6) is 5.75 Å². The Morgan fingerprint density at radius 3 is 2.41 bits per heavy atom. The molecule has 5 N–H and O–H groups in total. The Bertz CT molecular complexity index is 697. The first-order valence-corrected chi connectivity index (χ1v) is 12.3. The number of hydrogen-bond acceptors (Lipinski definition) is 8. The summed E-state index contributed by atoms with van der Waals surface area (Å²) in [6.07, 6.45) is -0.0423. The van der Waals surface area contributed by atoms with E-state index in [0.29, 0.717) is 31.6 Å². The van der Waals surface area contributed by atoms with Crippen molar-refractivity contribution < 1.29 is 39.7 Å². The van der Waals surface area contributed by atoms with Gasteiger partial charge in [-0.15, -0.1) is 6.58 Å². The SMILES string of the molecule is C=CCc1ccc(O[C@H]2O[C@H]([C@H](O)CCCO)[C@@H](O)[C@H](O)[C@@]2(CCCO)OCCCCC)cc1. The van der Waals surface area contributed by atoms with Gasteiger partial charge in [-0.25, -0.2) is 0 Å². The Kier molecular flexibility index (Phi) is 12.5. The van der Waals surface area contributed by atoms with Crippen LogP contribution in [0.15, 0.2) is 36.9 Å². The van der Waals surface area contributed by atoms with E-state index in [0.717, 1.165) is 24.8 Å². The number of ether oxygens (including phenoxy) is 3. The van der Waals surface area contributed by atoms with Crippen molar-refractivity contribution in [1.29, 1.82) is 0 Å². The fourth-order valence-corrected chi connectivity index (χ4v) is 4.31. The molecule has 194 valence electrons. The van der Waals surface area contributed by atoms with Gasteiger partial charge in [0.05, 0.1) is 6.10 Å². The summed E-state index contributed by atoms with van der Waals surface area (Å²) < 4.78 is 18.5. The van der Waals surface area contributed by atoms with Crippen LogP contribution in [0.2, 0.25) is 0 Å². The Hall–Kier alpha value is -1.52. The summed E-state index contributed by atoms with van der Waals surface area (Å²) in [5, 5.41) is 51.5. The molecule has 0 aliphatic carbocycles. The zero-order valence-electron chi connectivity index (χ0n) is 20.2. The third-order valence-electron chi connectivity index (χ3n) is 6.27. The lowest BCUT2D eigenvalue weighted by molar-refractivity contribution is -0.342. The highest BCUT2D eigenvalue weighted by Gasteiger charge is 2.58. The molecule has 1 saturated heterocycles. The topological polar surface area (TPSA) is 129 Å². The molecule has 2 rings (SSSR count). The summed E-state index contributed by atoms with van der Waals surface area (Å²) >= 11 is 0. The highest BCUT2D eigenvalue weighted by molar-refractivity contribution is 5.28. The van der Waals surface area contributed by atoms with Crippen molar-refractivity contribution in [2.24, 2.45) is 0 Å². The van der Waals surface area contributed by atoms with E-state index in [1.165, 1.54) is 0 Å². The number of aliphatic hydroxyl groups excluding tert-OH is 5. The molecule has 0 unspecified atom stereocenters. The number of unbranched alkanes of at least 4 members (excludes halogenated alkanes) is 2. The number of aliphatic hydroxyl groups is 5. The third-order valence-corrected chi connectivity index (χ3v) is 6.27. The van der Waals surface area contributed by atoms with E-state index in [4.69, 9.17) is 19.3 Å². The van der Waals surface area contributed by atoms with Crippen LogP contribution in [0, 0.1) is 0 Å². The molecule has 6 atom stereocenters. The highest BCUT2D eigenvalue weighted by atomic mass is 16.7. The van der Waals surface area contributed by atoms with E-state index < -0.39 is 36.3 Å². The average molecular weight is 483 g/mol. The second-order valence-corrected chi connectivity index (χ2v) is 8.89. The van der Waals surface area contributed by atoms with Crippen molar-refractivity contribution in [3.63, 3.8) is 0 Å². The molecule has 1 heterocycles. The first-order chi connectivity index (χ1) is 16.4. The van der Waals surface area contributed by atoms with E-state index in [-0.39, 0.29) is 26.1 Å². The number of hydrogen-bond donors (Lipinski definition) is 5.